The molecule has 0 saturated carbocycles. The molecule has 1 rings (SSSR count). The second kappa shape index (κ2) is 5.92. The van der Waals surface area contributed by atoms with Gasteiger partial charge in [-0.15, -0.1) is 0 Å². The number of benzene rings is 1. The molecule has 0 atom stereocenters. The third-order valence-electron chi connectivity index (χ3n) is 2.40. The molecule has 96 valence electrons. The molecule has 1 amide bonds. The Morgan fingerprint density at radius 1 is 1.56 bits per heavy atom. The van der Waals surface area contributed by atoms with E-state index >= 15 is 0 Å². The lowest BCUT2D eigenvalue weighted by Gasteiger charge is -2.21. The number of hydrogen-bond donors (Lipinski definition) is 2. The maximum absolute atomic E-state index is 11.6. The number of carbonyl (C=O) groups excluding carboxylic acids is 1. The highest BCUT2D eigenvalue weighted by molar-refractivity contribution is 5.83. The van der Waals surface area contributed by atoms with Gasteiger partial charge in [-0.25, -0.2) is 0 Å². The average Bonchev–Trinajstić information content (AvgIpc) is 2.27. The zero-order chi connectivity index (χ0) is 13.7. The van der Waals surface area contributed by atoms with Crippen LogP contribution in [0.5, 0.6) is 0 Å². The highest BCUT2D eigenvalue weighted by Gasteiger charge is 2.11. The SMILES string of the molecule is CC(C)NC(=O)CN(C)c1ccc(C#N)cc1N. The normalized spacial score (nSPS) is 9.94. The molecule has 18 heavy (non-hydrogen) atoms. The molecule has 0 spiro atoms. The number of anilines is 2. The lowest BCUT2D eigenvalue weighted by atomic mass is 10.2. The fourth-order valence-electron chi connectivity index (χ4n) is 1.64. The standard InChI is InChI=1S/C13H18N4O/c1-9(2)16-13(18)8-17(3)12-5-4-10(7-14)6-11(12)15/h4-6,9H,8,15H2,1-3H3,(H,16,18). The molecule has 1 aromatic carbocycles. The van der Waals surface area contributed by atoms with Crippen LogP contribution in [0.4, 0.5) is 11.4 Å². The monoisotopic (exact) mass is 246 g/mol. The smallest absolute Gasteiger partial charge is 0.239 e. The lowest BCUT2D eigenvalue weighted by Crippen LogP contribution is -2.38. The molecule has 0 aromatic heterocycles. The van der Waals surface area contributed by atoms with Gasteiger partial charge in [0.15, 0.2) is 0 Å². The molecule has 0 unspecified atom stereocenters. The van der Waals surface area contributed by atoms with E-state index in [1.165, 1.54) is 0 Å². The van der Waals surface area contributed by atoms with Gasteiger partial charge in [0.2, 0.25) is 5.91 Å². The van der Waals surface area contributed by atoms with E-state index in [0.717, 1.165) is 5.69 Å². The van der Waals surface area contributed by atoms with Gasteiger partial charge in [0.1, 0.15) is 0 Å². The quantitative estimate of drug-likeness (QED) is 0.779. The minimum atomic E-state index is -0.0590. The van der Waals surface area contributed by atoms with Crippen molar-refractivity contribution in [1.29, 1.82) is 5.26 Å². The number of nitrogens with zero attached hydrogens (tertiary/aromatic N) is 2. The summed E-state index contributed by atoms with van der Waals surface area (Å²) in [6, 6.07) is 7.17. The molecule has 0 radical (unpaired) electrons. The number of amides is 1. The first-order valence-electron chi connectivity index (χ1n) is 5.74. The van der Waals surface area contributed by atoms with Crippen molar-refractivity contribution in [3.8, 4) is 6.07 Å². The molecule has 5 heteroatoms. The Morgan fingerprint density at radius 2 is 2.22 bits per heavy atom. The van der Waals surface area contributed by atoms with Crippen LogP contribution in [0.3, 0.4) is 0 Å². The first kappa shape index (κ1) is 13.8. The second-order valence-electron chi connectivity index (χ2n) is 4.46. The number of likely N-dealkylation sites (N-methyl/N-ethyl adjacent to an activating group) is 1. The van der Waals surface area contributed by atoms with Crippen molar-refractivity contribution in [3.63, 3.8) is 0 Å². The van der Waals surface area contributed by atoms with Crippen LogP contribution in [-0.4, -0.2) is 25.5 Å². The van der Waals surface area contributed by atoms with E-state index in [1.54, 1.807) is 30.1 Å². The van der Waals surface area contributed by atoms with Gasteiger partial charge in [-0.2, -0.15) is 5.26 Å². The summed E-state index contributed by atoms with van der Waals surface area (Å²) in [7, 11) is 1.79. The van der Waals surface area contributed by atoms with Gasteiger partial charge < -0.3 is 16.0 Å². The van der Waals surface area contributed by atoms with Gasteiger partial charge in [-0.05, 0) is 32.0 Å². The number of nitriles is 1. The molecule has 3 N–H and O–H groups in total. The number of nitrogens with two attached hydrogens (primary N) is 1. The molecule has 0 bridgehead atoms. The van der Waals surface area contributed by atoms with Gasteiger partial charge in [0.05, 0.1) is 29.6 Å². The van der Waals surface area contributed by atoms with Crippen molar-refractivity contribution in [2.45, 2.75) is 19.9 Å². The van der Waals surface area contributed by atoms with Crippen molar-refractivity contribution in [2.75, 3.05) is 24.2 Å². The van der Waals surface area contributed by atoms with Gasteiger partial charge in [-0.3, -0.25) is 4.79 Å². The van der Waals surface area contributed by atoms with Crippen LogP contribution in [0, 0.1) is 11.3 Å². The zero-order valence-electron chi connectivity index (χ0n) is 10.9. The summed E-state index contributed by atoms with van der Waals surface area (Å²) in [6.45, 7) is 4.05. The third-order valence-corrected chi connectivity index (χ3v) is 2.40. The largest absolute Gasteiger partial charge is 0.397 e. The number of nitrogen functional groups attached to an aromatic ring is 1. The van der Waals surface area contributed by atoms with Crippen molar-refractivity contribution in [2.24, 2.45) is 0 Å². The van der Waals surface area contributed by atoms with Crippen LogP contribution in [0.2, 0.25) is 0 Å². The second-order valence-corrected chi connectivity index (χ2v) is 4.46. The number of carbonyl (C=O) groups is 1. The van der Waals surface area contributed by atoms with Crippen molar-refractivity contribution >= 4 is 17.3 Å². The van der Waals surface area contributed by atoms with Crippen LogP contribution in [0.15, 0.2) is 18.2 Å². The van der Waals surface area contributed by atoms with Crippen molar-refractivity contribution in [3.05, 3.63) is 23.8 Å². The first-order chi connectivity index (χ1) is 8.43. The Balaban J connectivity index is 2.76. The summed E-state index contributed by atoms with van der Waals surface area (Å²) >= 11 is 0. The molecule has 0 saturated heterocycles. The van der Waals surface area contributed by atoms with Crippen LogP contribution in [0.25, 0.3) is 0 Å². The minimum absolute atomic E-state index is 0.0590. The average molecular weight is 246 g/mol. The van der Waals surface area contributed by atoms with E-state index in [-0.39, 0.29) is 18.5 Å². The molecule has 1 aromatic rings. The summed E-state index contributed by atoms with van der Waals surface area (Å²) in [4.78, 5) is 13.4. The predicted molar refractivity (Wildman–Crippen MR) is 72.1 cm³/mol. The van der Waals surface area contributed by atoms with Crippen molar-refractivity contribution in [1.82, 2.24) is 5.32 Å². The molecule has 0 aliphatic carbocycles. The van der Waals surface area contributed by atoms with Gasteiger partial charge in [0.25, 0.3) is 0 Å². The van der Waals surface area contributed by atoms with Crippen LogP contribution >= 0.6 is 0 Å². The van der Waals surface area contributed by atoms with E-state index in [9.17, 15) is 4.79 Å². The Kier molecular flexibility index (Phi) is 4.55. The Morgan fingerprint density at radius 3 is 2.72 bits per heavy atom. The molecular formula is C13H18N4O. The van der Waals surface area contributed by atoms with Crippen LogP contribution in [-0.2, 0) is 4.79 Å². The van der Waals surface area contributed by atoms with E-state index in [2.05, 4.69) is 5.32 Å². The van der Waals surface area contributed by atoms with E-state index < -0.39 is 0 Å². The summed E-state index contributed by atoms with van der Waals surface area (Å²) in [5, 5.41) is 11.6. The lowest BCUT2D eigenvalue weighted by molar-refractivity contribution is -0.120. The molecule has 5 nitrogen and oxygen atoms in total. The van der Waals surface area contributed by atoms with Gasteiger partial charge in [0, 0.05) is 13.1 Å². The summed E-state index contributed by atoms with van der Waals surface area (Å²) in [6.07, 6.45) is 0. The van der Waals surface area contributed by atoms with Gasteiger partial charge in [-0.1, -0.05) is 0 Å². The highest BCUT2D eigenvalue weighted by Crippen LogP contribution is 2.22. The third kappa shape index (κ3) is 3.67. The first-order valence-corrected chi connectivity index (χ1v) is 5.74. The summed E-state index contributed by atoms with van der Waals surface area (Å²) in [5.41, 5.74) is 7.60. The number of nitrogens with one attached hydrogen (secondary N) is 1. The van der Waals surface area contributed by atoms with E-state index in [4.69, 9.17) is 11.0 Å². The maximum Gasteiger partial charge on any atom is 0.239 e. The van der Waals surface area contributed by atoms with E-state index in [1.807, 2.05) is 19.9 Å². The molecule has 0 heterocycles. The fourth-order valence-corrected chi connectivity index (χ4v) is 1.64. The van der Waals surface area contributed by atoms with Crippen LogP contribution < -0.4 is 16.0 Å². The zero-order valence-corrected chi connectivity index (χ0v) is 10.9. The Bertz CT molecular complexity index is 476. The predicted octanol–water partition coefficient (Wildman–Crippen LogP) is 1.10. The van der Waals surface area contributed by atoms with Crippen molar-refractivity contribution < 1.29 is 4.79 Å². The molecule has 0 aliphatic heterocycles. The van der Waals surface area contributed by atoms with E-state index in [0.29, 0.717) is 11.3 Å². The topological polar surface area (TPSA) is 82.2 Å². The van der Waals surface area contributed by atoms with Crippen LogP contribution in [0.1, 0.15) is 19.4 Å². The Labute approximate surface area is 107 Å². The maximum atomic E-state index is 11.6. The summed E-state index contributed by atoms with van der Waals surface area (Å²) in [5.74, 6) is -0.0590. The molecule has 0 aliphatic rings. The summed E-state index contributed by atoms with van der Waals surface area (Å²) < 4.78 is 0. The Hall–Kier alpha value is -2.22. The highest BCUT2D eigenvalue weighted by atomic mass is 16.2. The number of hydrogen-bond acceptors (Lipinski definition) is 4. The fraction of sp³-hybridized carbons (Fsp3) is 0.385. The molecular weight excluding hydrogens is 228 g/mol. The minimum Gasteiger partial charge on any atom is -0.397 e. The molecule has 0 fully saturated rings. The van der Waals surface area contributed by atoms with Gasteiger partial charge >= 0.3 is 0 Å². The number of rotatable bonds is 4.